The number of nitriles is 1. The molecule has 0 fully saturated rings. The van der Waals surface area contributed by atoms with E-state index in [0.29, 0.717) is 32.3 Å². The van der Waals surface area contributed by atoms with Gasteiger partial charge in [-0.05, 0) is 12.3 Å². The summed E-state index contributed by atoms with van der Waals surface area (Å²) >= 11 is 0. The highest BCUT2D eigenvalue weighted by Crippen LogP contribution is 2.00. The number of hydrogen-bond donors (Lipinski definition) is 1. The molecule has 0 aliphatic carbocycles. The van der Waals surface area contributed by atoms with Crippen molar-refractivity contribution in [2.75, 3.05) is 46.2 Å². The second-order valence-corrected chi connectivity index (χ2v) is 6.70. The number of alkyl carbamates (subject to hydrolysis) is 1. The summed E-state index contributed by atoms with van der Waals surface area (Å²) in [6, 6.07) is 1.98. The molecular weight excluding hydrogens is 348 g/mol. The second kappa shape index (κ2) is 17.6. The van der Waals surface area contributed by atoms with Crippen LogP contribution in [0.1, 0.15) is 40.5 Å². The fraction of sp³-hybridized carbons (Fsp3) is 0.800. The molecule has 0 bridgehead atoms. The highest BCUT2D eigenvalue weighted by Gasteiger charge is 2.14. The van der Waals surface area contributed by atoms with Crippen molar-refractivity contribution >= 4 is 6.09 Å². The van der Waals surface area contributed by atoms with E-state index >= 15 is 0 Å². The molecule has 1 atom stereocenters. The summed E-state index contributed by atoms with van der Waals surface area (Å²) in [6.45, 7) is 11.2. The van der Waals surface area contributed by atoms with E-state index < -0.39 is 12.2 Å². The third-order valence-electron chi connectivity index (χ3n) is 3.19. The van der Waals surface area contributed by atoms with E-state index in [1.165, 1.54) is 0 Å². The van der Waals surface area contributed by atoms with Gasteiger partial charge in [-0.3, -0.25) is 0 Å². The summed E-state index contributed by atoms with van der Waals surface area (Å²) in [5.74, 6) is 6.64. The zero-order chi connectivity index (χ0) is 20.3. The molecule has 154 valence electrons. The molecule has 0 saturated heterocycles. The Balaban J connectivity index is 3.73. The second-order valence-electron chi connectivity index (χ2n) is 6.70. The average molecular weight is 383 g/mol. The molecule has 0 aromatic rings. The molecule has 1 amide bonds. The summed E-state index contributed by atoms with van der Waals surface area (Å²) < 4.78 is 21.4. The predicted molar refractivity (Wildman–Crippen MR) is 103 cm³/mol. The minimum absolute atomic E-state index is 0.0651. The molecular formula is C20H34N2O5. The lowest BCUT2D eigenvalue weighted by molar-refractivity contribution is -0.0140. The van der Waals surface area contributed by atoms with Crippen LogP contribution in [0.4, 0.5) is 4.79 Å². The van der Waals surface area contributed by atoms with Gasteiger partial charge in [-0.1, -0.05) is 39.5 Å². The molecule has 0 heterocycles. The van der Waals surface area contributed by atoms with Crippen LogP contribution in [0.15, 0.2) is 0 Å². The predicted octanol–water partition coefficient (Wildman–Crippen LogP) is 2.75. The van der Waals surface area contributed by atoms with Crippen molar-refractivity contribution in [1.82, 2.24) is 5.32 Å². The van der Waals surface area contributed by atoms with Crippen LogP contribution >= 0.6 is 0 Å². The van der Waals surface area contributed by atoms with Crippen molar-refractivity contribution in [3.63, 3.8) is 0 Å². The maximum Gasteiger partial charge on any atom is 0.408 e. The van der Waals surface area contributed by atoms with Gasteiger partial charge in [-0.15, -0.1) is 0 Å². The standard InChI is InChI=1S/C20H34N2O5/c1-17(2)6-5-10-22-20(23)27-19(7-9-21)16-26-15-14-25-13-12-24-11-8-18(3)4/h17-19H,7-8,10-16H2,1-4H3,(H,22,23). The highest BCUT2D eigenvalue weighted by atomic mass is 16.6. The number of ether oxygens (including phenoxy) is 4. The number of nitrogens with one attached hydrogen (secondary N) is 1. The lowest BCUT2D eigenvalue weighted by Gasteiger charge is -2.15. The van der Waals surface area contributed by atoms with Crippen LogP contribution in [0.2, 0.25) is 0 Å². The zero-order valence-corrected chi connectivity index (χ0v) is 17.1. The Kier molecular flexibility index (Phi) is 16.4. The fourth-order valence-electron chi connectivity index (χ4n) is 1.77. The van der Waals surface area contributed by atoms with E-state index in [4.69, 9.17) is 24.2 Å². The minimum atomic E-state index is -0.618. The van der Waals surface area contributed by atoms with Gasteiger partial charge in [0.15, 0.2) is 0 Å². The van der Waals surface area contributed by atoms with Gasteiger partial charge in [-0.25, -0.2) is 4.79 Å². The summed E-state index contributed by atoms with van der Waals surface area (Å²) in [7, 11) is 0. The third-order valence-corrected chi connectivity index (χ3v) is 3.19. The van der Waals surface area contributed by atoms with Crippen molar-refractivity contribution in [2.24, 2.45) is 11.8 Å². The molecule has 0 aromatic heterocycles. The largest absolute Gasteiger partial charge is 0.443 e. The van der Waals surface area contributed by atoms with Crippen LogP contribution in [0.5, 0.6) is 0 Å². The van der Waals surface area contributed by atoms with Gasteiger partial charge in [0.05, 0.1) is 52.1 Å². The lowest BCUT2D eigenvalue weighted by Crippen LogP contribution is -2.31. The Morgan fingerprint density at radius 3 is 2.22 bits per heavy atom. The molecule has 1 unspecified atom stereocenters. The topological polar surface area (TPSA) is 89.8 Å². The molecule has 0 radical (unpaired) electrons. The molecule has 7 nitrogen and oxygen atoms in total. The summed E-state index contributed by atoms with van der Waals surface area (Å²) in [5, 5.41) is 11.4. The zero-order valence-electron chi connectivity index (χ0n) is 17.1. The van der Waals surface area contributed by atoms with Crippen molar-refractivity contribution in [2.45, 2.75) is 46.6 Å². The molecule has 27 heavy (non-hydrogen) atoms. The number of carbonyl (C=O) groups excluding carboxylic acids is 1. The third kappa shape index (κ3) is 18.8. The molecule has 0 aromatic carbocycles. The SMILES string of the molecule is CC(C)C#CCNC(=O)OC(CC#N)COCCOCCOCCC(C)C. The maximum absolute atomic E-state index is 11.7. The van der Waals surface area contributed by atoms with E-state index in [9.17, 15) is 4.79 Å². The van der Waals surface area contributed by atoms with Gasteiger partial charge >= 0.3 is 6.09 Å². The van der Waals surface area contributed by atoms with Crippen LogP contribution < -0.4 is 5.32 Å². The first-order valence-electron chi connectivity index (χ1n) is 9.48. The van der Waals surface area contributed by atoms with Crippen LogP contribution in [-0.2, 0) is 18.9 Å². The Hall–Kier alpha value is -1.80. The smallest absolute Gasteiger partial charge is 0.408 e. The molecule has 7 heteroatoms. The van der Waals surface area contributed by atoms with Crippen molar-refractivity contribution in [1.29, 1.82) is 5.26 Å². The summed E-state index contributed by atoms with van der Waals surface area (Å²) in [6.07, 6.45) is -0.115. The van der Waals surface area contributed by atoms with Gasteiger partial charge in [0.2, 0.25) is 0 Å². The quantitative estimate of drug-likeness (QED) is 0.367. The number of amides is 1. The monoisotopic (exact) mass is 382 g/mol. The van der Waals surface area contributed by atoms with Gasteiger partial charge in [0.25, 0.3) is 0 Å². The number of hydrogen-bond acceptors (Lipinski definition) is 6. The Labute approximate surface area is 163 Å². The molecule has 0 saturated carbocycles. The highest BCUT2D eigenvalue weighted by molar-refractivity contribution is 5.67. The molecule has 0 aliphatic rings. The Bertz CT molecular complexity index is 477. The minimum Gasteiger partial charge on any atom is -0.443 e. The van der Waals surface area contributed by atoms with Gasteiger partial charge < -0.3 is 24.3 Å². The van der Waals surface area contributed by atoms with Gasteiger partial charge in [-0.2, -0.15) is 5.26 Å². The number of rotatable bonds is 14. The molecule has 0 rings (SSSR count). The first-order valence-corrected chi connectivity index (χ1v) is 9.48. The van der Waals surface area contributed by atoms with E-state index in [-0.39, 0.29) is 25.5 Å². The van der Waals surface area contributed by atoms with Crippen molar-refractivity contribution < 1.29 is 23.7 Å². The van der Waals surface area contributed by atoms with E-state index in [2.05, 4.69) is 31.0 Å². The normalized spacial score (nSPS) is 11.6. The fourth-order valence-corrected chi connectivity index (χ4v) is 1.77. The molecule has 1 N–H and O–H groups in total. The maximum atomic E-state index is 11.7. The van der Waals surface area contributed by atoms with Crippen LogP contribution in [0.25, 0.3) is 0 Å². The first kappa shape index (κ1) is 25.2. The molecule has 0 aliphatic heterocycles. The summed E-state index contributed by atoms with van der Waals surface area (Å²) in [4.78, 5) is 11.7. The van der Waals surface area contributed by atoms with Crippen molar-refractivity contribution in [3.8, 4) is 17.9 Å². The average Bonchev–Trinajstić information content (AvgIpc) is 2.60. The first-order chi connectivity index (χ1) is 13.0. The van der Waals surface area contributed by atoms with Gasteiger partial charge in [0, 0.05) is 12.5 Å². The van der Waals surface area contributed by atoms with E-state index in [0.717, 1.165) is 13.0 Å². The number of carbonyl (C=O) groups is 1. The van der Waals surface area contributed by atoms with E-state index in [1.54, 1.807) is 0 Å². The van der Waals surface area contributed by atoms with Crippen LogP contribution in [0, 0.1) is 35.0 Å². The summed E-state index contributed by atoms with van der Waals surface area (Å²) in [5.41, 5.74) is 0. The number of nitrogens with zero attached hydrogens (tertiary/aromatic N) is 1. The van der Waals surface area contributed by atoms with E-state index in [1.807, 2.05) is 19.9 Å². The van der Waals surface area contributed by atoms with Crippen LogP contribution in [-0.4, -0.2) is 58.4 Å². The molecule has 0 spiro atoms. The lowest BCUT2D eigenvalue weighted by atomic mass is 10.1. The van der Waals surface area contributed by atoms with Crippen LogP contribution in [0.3, 0.4) is 0 Å². The Morgan fingerprint density at radius 1 is 1.00 bits per heavy atom. The Morgan fingerprint density at radius 2 is 1.63 bits per heavy atom. The van der Waals surface area contributed by atoms with Crippen molar-refractivity contribution in [3.05, 3.63) is 0 Å². The van der Waals surface area contributed by atoms with Gasteiger partial charge in [0.1, 0.15) is 6.10 Å².